The van der Waals surface area contributed by atoms with Gasteiger partial charge in [-0.1, -0.05) is 63.5 Å². The number of rotatable bonds is 11. The third-order valence-corrected chi connectivity index (χ3v) is 8.58. The lowest BCUT2D eigenvalue weighted by Crippen LogP contribution is -2.53. The summed E-state index contributed by atoms with van der Waals surface area (Å²) < 4.78 is 13.1. The Morgan fingerprint density at radius 2 is 1.81 bits per heavy atom. The summed E-state index contributed by atoms with van der Waals surface area (Å²) in [6, 6.07) is 21.9. The molecular weight excluding hydrogens is 614 g/mol. The van der Waals surface area contributed by atoms with Gasteiger partial charge in [0.15, 0.2) is 11.6 Å². The summed E-state index contributed by atoms with van der Waals surface area (Å²) in [6.07, 6.45) is 2.01. The Morgan fingerprint density at radius 1 is 1.09 bits per heavy atom. The molecule has 3 aromatic rings. The van der Waals surface area contributed by atoms with Crippen molar-refractivity contribution in [2.45, 2.75) is 62.3 Å². The van der Waals surface area contributed by atoms with Gasteiger partial charge < -0.3 is 25.0 Å². The van der Waals surface area contributed by atoms with Gasteiger partial charge in [0.1, 0.15) is 5.75 Å². The van der Waals surface area contributed by atoms with Crippen LogP contribution in [-0.4, -0.2) is 52.9 Å². The molecule has 3 N–H and O–H groups in total. The number of nitrogens with zero attached hydrogens (tertiary/aromatic N) is 4. The minimum Gasteiger partial charge on any atom is -0.494 e. The predicted molar refractivity (Wildman–Crippen MR) is 166 cm³/mol. The summed E-state index contributed by atoms with van der Waals surface area (Å²) in [5.74, 6) is 0.646. The summed E-state index contributed by atoms with van der Waals surface area (Å²) in [6.45, 7) is 0.441. The van der Waals surface area contributed by atoms with Crippen molar-refractivity contribution in [2.24, 2.45) is 10.1 Å². The maximum Gasteiger partial charge on any atom is 0.252 e. The van der Waals surface area contributed by atoms with E-state index in [0.29, 0.717) is 67.2 Å². The van der Waals surface area contributed by atoms with Crippen LogP contribution in [0.1, 0.15) is 54.9 Å². The van der Waals surface area contributed by atoms with E-state index in [0.717, 1.165) is 10.0 Å². The van der Waals surface area contributed by atoms with Gasteiger partial charge in [0.25, 0.3) is 5.91 Å². The Labute approximate surface area is 258 Å². The average molecular weight is 649 g/mol. The topological polar surface area (TPSA) is 149 Å². The van der Waals surface area contributed by atoms with E-state index in [1.807, 2.05) is 48.5 Å². The van der Waals surface area contributed by atoms with Crippen LogP contribution in [0.4, 0.5) is 5.69 Å². The number of carbonyl (C=O) groups excluding carboxylic acids is 1. The van der Waals surface area contributed by atoms with Crippen LogP contribution in [0.5, 0.6) is 5.75 Å². The van der Waals surface area contributed by atoms with E-state index in [1.54, 1.807) is 24.3 Å². The van der Waals surface area contributed by atoms with Crippen LogP contribution in [-0.2, 0) is 16.0 Å². The molecule has 11 heteroatoms. The fourth-order valence-electron chi connectivity index (χ4n) is 5.57. The first-order valence-corrected chi connectivity index (χ1v) is 15.2. The number of amides is 1. The monoisotopic (exact) mass is 647 g/mol. The fraction of sp³-hybridized carbons (Fsp3) is 0.375. The molecule has 1 amide bonds. The van der Waals surface area contributed by atoms with Crippen molar-refractivity contribution in [2.75, 3.05) is 13.2 Å². The van der Waals surface area contributed by atoms with Gasteiger partial charge in [-0.3, -0.25) is 4.79 Å². The Bertz CT molecular complexity index is 1500. The van der Waals surface area contributed by atoms with Gasteiger partial charge in [-0.2, -0.15) is 0 Å². The summed E-state index contributed by atoms with van der Waals surface area (Å²) >= 11 is 3.66. The SMILES string of the molecule is [N-]=[N+]=Nc1ccccc1C[C@@]1(C(=O)NC2CCC(O)CC2)N=C(c2ccc(OCCCO)cc2)O[C@@H]1c1ccccc1Br. The fourth-order valence-corrected chi connectivity index (χ4v) is 6.07. The van der Waals surface area contributed by atoms with E-state index >= 15 is 0 Å². The maximum atomic E-state index is 14.5. The van der Waals surface area contributed by atoms with Crippen molar-refractivity contribution in [1.82, 2.24) is 5.32 Å². The van der Waals surface area contributed by atoms with Crippen molar-refractivity contribution in [3.05, 3.63) is 104 Å². The van der Waals surface area contributed by atoms with Gasteiger partial charge in [-0.05, 0) is 67.1 Å². The number of carbonyl (C=O) groups is 1. The molecule has 3 aromatic carbocycles. The van der Waals surface area contributed by atoms with Crippen molar-refractivity contribution >= 4 is 33.4 Å². The van der Waals surface area contributed by atoms with Crippen molar-refractivity contribution in [3.8, 4) is 5.75 Å². The Kier molecular flexibility index (Phi) is 9.99. The molecule has 0 spiro atoms. The van der Waals surface area contributed by atoms with Gasteiger partial charge >= 0.3 is 0 Å². The van der Waals surface area contributed by atoms with E-state index in [9.17, 15) is 15.4 Å². The first-order chi connectivity index (χ1) is 20.9. The van der Waals surface area contributed by atoms with Gasteiger partial charge in [0.2, 0.25) is 5.90 Å². The highest BCUT2D eigenvalue weighted by molar-refractivity contribution is 9.10. The standard InChI is InChI=1S/C32H34BrN5O5/c33-27-8-3-2-7-26(27)29-32(20-22-6-1-4-9-28(22)37-38-34,31(41)35-23-12-14-24(40)15-13-23)36-30(43-29)21-10-16-25(17-11-21)42-19-5-18-39/h1-4,6-11,16-17,23-24,29,39-40H,5,12-15,18-20H2,(H,35,41)/t23?,24?,29-,32-/m1/s1. The van der Waals surface area contributed by atoms with E-state index < -0.39 is 11.6 Å². The number of azide groups is 1. The number of aliphatic imine (C=N–C) groups is 1. The summed E-state index contributed by atoms with van der Waals surface area (Å²) in [5, 5.41) is 26.2. The third kappa shape index (κ3) is 7.02. The highest BCUT2D eigenvalue weighted by Crippen LogP contribution is 2.45. The highest BCUT2D eigenvalue weighted by Gasteiger charge is 2.54. The molecule has 1 aliphatic carbocycles. The van der Waals surface area contributed by atoms with E-state index in [2.05, 4.69) is 31.3 Å². The molecular formula is C32H34BrN5O5. The Hall–Kier alpha value is -3.89. The van der Waals surface area contributed by atoms with Crippen LogP contribution in [0, 0.1) is 0 Å². The van der Waals surface area contributed by atoms with E-state index in [4.69, 9.17) is 19.6 Å². The lowest BCUT2D eigenvalue weighted by molar-refractivity contribution is -0.130. The van der Waals surface area contributed by atoms with Gasteiger partial charge in [-0.15, -0.1) is 0 Å². The molecule has 1 heterocycles. The summed E-state index contributed by atoms with van der Waals surface area (Å²) in [4.78, 5) is 22.6. The summed E-state index contributed by atoms with van der Waals surface area (Å²) in [7, 11) is 0. The van der Waals surface area contributed by atoms with E-state index in [-0.39, 0.29) is 31.1 Å². The first kappa shape index (κ1) is 30.6. The molecule has 224 valence electrons. The van der Waals surface area contributed by atoms with Crippen LogP contribution in [0.3, 0.4) is 0 Å². The van der Waals surface area contributed by atoms with Crippen LogP contribution < -0.4 is 10.1 Å². The second-order valence-corrected chi connectivity index (χ2v) is 11.6. The number of aliphatic hydroxyl groups excluding tert-OH is 2. The minimum atomic E-state index is -1.45. The van der Waals surface area contributed by atoms with Crippen LogP contribution in [0.25, 0.3) is 10.4 Å². The predicted octanol–water partition coefficient (Wildman–Crippen LogP) is 6.07. The molecule has 1 aliphatic heterocycles. The van der Waals surface area contributed by atoms with Gasteiger partial charge in [-0.25, -0.2) is 4.99 Å². The molecule has 0 radical (unpaired) electrons. The molecule has 10 nitrogen and oxygen atoms in total. The zero-order valence-corrected chi connectivity index (χ0v) is 25.2. The molecule has 2 atom stereocenters. The second kappa shape index (κ2) is 14.1. The zero-order valence-electron chi connectivity index (χ0n) is 23.6. The Morgan fingerprint density at radius 3 is 2.53 bits per heavy atom. The van der Waals surface area contributed by atoms with Crippen molar-refractivity contribution in [3.63, 3.8) is 0 Å². The van der Waals surface area contributed by atoms with Gasteiger partial charge in [0, 0.05) is 51.7 Å². The molecule has 1 saturated carbocycles. The van der Waals surface area contributed by atoms with Crippen molar-refractivity contribution < 1.29 is 24.5 Å². The number of halogens is 1. The number of ether oxygens (including phenoxy) is 2. The maximum absolute atomic E-state index is 14.5. The van der Waals surface area contributed by atoms with Crippen LogP contribution >= 0.6 is 15.9 Å². The molecule has 5 rings (SSSR count). The first-order valence-electron chi connectivity index (χ1n) is 14.4. The normalized spacial score (nSPS) is 23.0. The van der Waals surface area contributed by atoms with Crippen molar-refractivity contribution in [1.29, 1.82) is 0 Å². The molecule has 2 aliphatic rings. The van der Waals surface area contributed by atoms with Crippen LogP contribution in [0.2, 0.25) is 0 Å². The molecule has 0 bridgehead atoms. The quantitative estimate of drug-likeness (QED) is 0.0999. The molecule has 0 aromatic heterocycles. The number of hydrogen-bond acceptors (Lipinski definition) is 7. The smallest absolute Gasteiger partial charge is 0.252 e. The largest absolute Gasteiger partial charge is 0.494 e. The number of hydrogen-bond donors (Lipinski definition) is 3. The molecule has 1 fully saturated rings. The molecule has 0 saturated heterocycles. The lowest BCUT2D eigenvalue weighted by atomic mass is 9.81. The van der Waals surface area contributed by atoms with Crippen LogP contribution in [0.15, 0.2) is 87.4 Å². The molecule has 0 unspecified atom stereocenters. The lowest BCUT2D eigenvalue weighted by Gasteiger charge is -2.34. The average Bonchev–Trinajstić information content (AvgIpc) is 3.40. The Balaban J connectivity index is 1.60. The number of nitrogens with one attached hydrogen (secondary N) is 1. The summed E-state index contributed by atoms with van der Waals surface area (Å²) in [5.41, 5.74) is 10.3. The number of aliphatic hydroxyl groups is 2. The van der Waals surface area contributed by atoms with Gasteiger partial charge in [0.05, 0.1) is 12.7 Å². The minimum absolute atomic E-state index is 0.0492. The second-order valence-electron chi connectivity index (χ2n) is 10.8. The zero-order chi connectivity index (χ0) is 30.2. The third-order valence-electron chi connectivity index (χ3n) is 7.85. The highest BCUT2D eigenvalue weighted by atomic mass is 79.9. The molecule has 43 heavy (non-hydrogen) atoms. The van der Waals surface area contributed by atoms with E-state index in [1.165, 1.54) is 0 Å². The number of benzene rings is 3.